The molecule has 0 aromatic heterocycles. The Balaban J connectivity index is 2.06. The van der Waals surface area contributed by atoms with Crippen molar-refractivity contribution in [3.8, 4) is 0 Å². The second-order valence-corrected chi connectivity index (χ2v) is 8.12. The SMILES string of the molecule is CCC(=O)Nc1ccc(C(=O)COC(=O)c2ccccc2S(=O)(=O)CC)cc1. The number of ketones is 1. The largest absolute Gasteiger partial charge is 0.454 e. The Bertz CT molecular complexity index is 980. The molecule has 1 N–H and O–H groups in total. The smallest absolute Gasteiger partial charge is 0.339 e. The summed E-state index contributed by atoms with van der Waals surface area (Å²) in [6.45, 7) is 2.68. The Hall–Kier alpha value is -3.00. The van der Waals surface area contributed by atoms with E-state index in [4.69, 9.17) is 4.74 Å². The quantitative estimate of drug-likeness (QED) is 0.536. The van der Waals surface area contributed by atoms with Crippen LogP contribution in [0.1, 0.15) is 41.0 Å². The monoisotopic (exact) mass is 403 g/mol. The maximum atomic E-state index is 12.3. The van der Waals surface area contributed by atoms with Gasteiger partial charge in [0.2, 0.25) is 5.91 Å². The lowest BCUT2D eigenvalue weighted by molar-refractivity contribution is -0.115. The molecule has 2 aromatic rings. The number of benzene rings is 2. The minimum absolute atomic E-state index is 0.102. The minimum atomic E-state index is -3.60. The average Bonchev–Trinajstić information content (AvgIpc) is 2.72. The van der Waals surface area contributed by atoms with E-state index in [9.17, 15) is 22.8 Å². The summed E-state index contributed by atoms with van der Waals surface area (Å²) in [6, 6.07) is 11.9. The number of hydrogen-bond acceptors (Lipinski definition) is 6. The lowest BCUT2D eigenvalue weighted by atomic mass is 10.1. The van der Waals surface area contributed by atoms with Gasteiger partial charge < -0.3 is 10.1 Å². The molecule has 0 bridgehead atoms. The zero-order chi connectivity index (χ0) is 20.7. The number of amides is 1. The summed E-state index contributed by atoms with van der Waals surface area (Å²) in [5.74, 6) is -1.63. The third-order valence-corrected chi connectivity index (χ3v) is 5.75. The van der Waals surface area contributed by atoms with Gasteiger partial charge in [-0.05, 0) is 36.4 Å². The highest BCUT2D eigenvalue weighted by molar-refractivity contribution is 7.91. The molecule has 0 heterocycles. The standard InChI is InChI=1S/C20H21NO6S/c1-3-19(23)21-15-11-9-14(10-12-15)17(22)13-27-20(24)16-7-5-6-8-18(16)28(25,26)4-2/h5-12H,3-4,13H2,1-2H3,(H,21,23). The van der Waals surface area contributed by atoms with Gasteiger partial charge in [-0.25, -0.2) is 13.2 Å². The first-order valence-electron chi connectivity index (χ1n) is 8.70. The van der Waals surface area contributed by atoms with Crippen LogP contribution < -0.4 is 5.32 Å². The van der Waals surface area contributed by atoms with E-state index in [0.717, 1.165) is 0 Å². The molecule has 0 aliphatic rings. The van der Waals surface area contributed by atoms with Gasteiger partial charge in [-0.3, -0.25) is 9.59 Å². The van der Waals surface area contributed by atoms with Crippen LogP contribution in [0.25, 0.3) is 0 Å². The third-order valence-electron chi connectivity index (χ3n) is 3.97. The number of carbonyl (C=O) groups excluding carboxylic acids is 3. The van der Waals surface area contributed by atoms with E-state index in [1.54, 1.807) is 19.1 Å². The molecule has 0 aliphatic carbocycles. The molecule has 0 radical (unpaired) electrons. The van der Waals surface area contributed by atoms with Gasteiger partial charge in [0.05, 0.1) is 16.2 Å². The van der Waals surface area contributed by atoms with Crippen molar-refractivity contribution >= 4 is 33.2 Å². The van der Waals surface area contributed by atoms with Crippen molar-refractivity contribution in [3.05, 3.63) is 59.7 Å². The highest BCUT2D eigenvalue weighted by atomic mass is 32.2. The molecule has 0 spiro atoms. The van der Waals surface area contributed by atoms with Gasteiger partial charge in [0.1, 0.15) is 0 Å². The van der Waals surface area contributed by atoms with E-state index in [-0.39, 0.29) is 22.1 Å². The fourth-order valence-electron chi connectivity index (χ4n) is 2.34. The lowest BCUT2D eigenvalue weighted by Gasteiger charge is -2.09. The second kappa shape index (κ2) is 9.27. The number of rotatable bonds is 8. The number of nitrogens with one attached hydrogen (secondary N) is 1. The van der Waals surface area contributed by atoms with Gasteiger partial charge >= 0.3 is 5.97 Å². The second-order valence-electron chi connectivity index (χ2n) is 5.88. The zero-order valence-corrected chi connectivity index (χ0v) is 16.4. The number of ether oxygens (including phenoxy) is 1. The van der Waals surface area contributed by atoms with E-state index in [1.807, 2.05) is 0 Å². The normalized spacial score (nSPS) is 10.9. The van der Waals surface area contributed by atoms with Crippen LogP contribution in [0.4, 0.5) is 5.69 Å². The summed E-state index contributed by atoms with van der Waals surface area (Å²) >= 11 is 0. The van der Waals surface area contributed by atoms with Crippen molar-refractivity contribution in [3.63, 3.8) is 0 Å². The highest BCUT2D eigenvalue weighted by Gasteiger charge is 2.22. The molecular weight excluding hydrogens is 382 g/mol. The molecule has 0 saturated carbocycles. The molecule has 7 nitrogen and oxygen atoms in total. The molecule has 0 unspecified atom stereocenters. The fraction of sp³-hybridized carbons (Fsp3) is 0.250. The number of carbonyl (C=O) groups is 3. The van der Waals surface area contributed by atoms with Crippen molar-refractivity contribution in [1.29, 1.82) is 0 Å². The number of hydrogen-bond donors (Lipinski definition) is 1. The van der Waals surface area contributed by atoms with E-state index >= 15 is 0 Å². The van der Waals surface area contributed by atoms with Crippen LogP contribution in [0, 0.1) is 0 Å². The van der Waals surface area contributed by atoms with Crippen LogP contribution in [0.2, 0.25) is 0 Å². The van der Waals surface area contributed by atoms with Crippen molar-refractivity contribution in [2.75, 3.05) is 17.7 Å². The van der Waals surface area contributed by atoms with Gasteiger partial charge in [0.15, 0.2) is 22.2 Å². The summed E-state index contributed by atoms with van der Waals surface area (Å²) in [4.78, 5) is 35.7. The number of esters is 1. The maximum absolute atomic E-state index is 12.3. The lowest BCUT2D eigenvalue weighted by Crippen LogP contribution is -2.17. The van der Waals surface area contributed by atoms with Gasteiger partial charge in [-0.2, -0.15) is 0 Å². The molecule has 2 aromatic carbocycles. The molecule has 2 rings (SSSR count). The Kier molecular flexibility index (Phi) is 7.06. The Morgan fingerprint density at radius 2 is 1.61 bits per heavy atom. The number of Topliss-reactive ketones (excluding diaryl/α,β-unsaturated/α-hetero) is 1. The molecule has 0 fully saturated rings. The van der Waals surface area contributed by atoms with Gasteiger partial charge in [0.25, 0.3) is 0 Å². The first kappa shape index (κ1) is 21.3. The molecule has 1 amide bonds. The molecular formula is C20H21NO6S. The van der Waals surface area contributed by atoms with E-state index < -0.39 is 28.2 Å². The molecule has 148 valence electrons. The minimum Gasteiger partial charge on any atom is -0.454 e. The summed E-state index contributed by atoms with van der Waals surface area (Å²) < 4.78 is 29.2. The Morgan fingerprint density at radius 1 is 0.964 bits per heavy atom. The first-order valence-corrected chi connectivity index (χ1v) is 10.4. The van der Waals surface area contributed by atoms with Gasteiger partial charge in [0, 0.05) is 17.7 Å². The predicted molar refractivity (Wildman–Crippen MR) is 104 cm³/mol. The van der Waals surface area contributed by atoms with Crippen molar-refractivity contribution in [2.45, 2.75) is 25.2 Å². The maximum Gasteiger partial charge on any atom is 0.339 e. The summed E-state index contributed by atoms with van der Waals surface area (Å²) in [5, 5.41) is 2.66. The van der Waals surface area contributed by atoms with Crippen molar-refractivity contribution < 1.29 is 27.5 Å². The van der Waals surface area contributed by atoms with Crippen LogP contribution in [0.15, 0.2) is 53.4 Å². The average molecular weight is 403 g/mol. The van der Waals surface area contributed by atoms with Crippen LogP contribution in [0.3, 0.4) is 0 Å². The number of sulfone groups is 1. The van der Waals surface area contributed by atoms with Crippen LogP contribution in [0.5, 0.6) is 0 Å². The Morgan fingerprint density at radius 3 is 2.21 bits per heavy atom. The van der Waals surface area contributed by atoms with Gasteiger partial charge in [-0.15, -0.1) is 0 Å². The van der Waals surface area contributed by atoms with Crippen molar-refractivity contribution in [1.82, 2.24) is 0 Å². The van der Waals surface area contributed by atoms with E-state index in [2.05, 4.69) is 5.32 Å². The molecule has 28 heavy (non-hydrogen) atoms. The summed E-state index contributed by atoms with van der Waals surface area (Å²) in [6.07, 6.45) is 0.339. The summed E-state index contributed by atoms with van der Waals surface area (Å²) in [7, 11) is -3.60. The Labute approximate surface area is 163 Å². The first-order chi connectivity index (χ1) is 13.3. The van der Waals surface area contributed by atoms with E-state index in [1.165, 1.54) is 43.3 Å². The van der Waals surface area contributed by atoms with Crippen LogP contribution in [-0.2, 0) is 19.4 Å². The topological polar surface area (TPSA) is 107 Å². The molecule has 8 heteroatoms. The van der Waals surface area contributed by atoms with Crippen LogP contribution >= 0.6 is 0 Å². The highest BCUT2D eigenvalue weighted by Crippen LogP contribution is 2.18. The molecule has 0 atom stereocenters. The fourth-order valence-corrected chi connectivity index (χ4v) is 3.43. The molecule has 0 aliphatic heterocycles. The zero-order valence-electron chi connectivity index (χ0n) is 15.6. The predicted octanol–water partition coefficient (Wildman–Crippen LogP) is 2.87. The van der Waals surface area contributed by atoms with Gasteiger partial charge in [-0.1, -0.05) is 26.0 Å². The third kappa shape index (κ3) is 5.26. The van der Waals surface area contributed by atoms with Crippen molar-refractivity contribution in [2.24, 2.45) is 0 Å². The molecule has 0 saturated heterocycles. The number of anilines is 1. The van der Waals surface area contributed by atoms with E-state index in [0.29, 0.717) is 17.7 Å². The summed E-state index contributed by atoms with van der Waals surface area (Å²) in [5.41, 5.74) is 0.755. The van der Waals surface area contributed by atoms with Crippen LogP contribution in [-0.4, -0.2) is 38.4 Å².